The van der Waals surface area contributed by atoms with Crippen molar-refractivity contribution in [1.29, 1.82) is 0 Å². The number of rotatable bonds is 6. The molecule has 40 heavy (non-hydrogen) atoms. The lowest BCUT2D eigenvalue weighted by atomic mass is 9.84. The molecule has 1 aliphatic rings. The molecule has 0 saturated heterocycles. The molecule has 3 nitrogen and oxygen atoms in total. The predicted octanol–water partition coefficient (Wildman–Crippen LogP) is 8.11. The molecule has 3 heterocycles. The van der Waals surface area contributed by atoms with Gasteiger partial charge in [0, 0.05) is 24.6 Å². The van der Waals surface area contributed by atoms with Gasteiger partial charge in [-0.05, 0) is 69.1 Å². The third-order valence-corrected chi connectivity index (χ3v) is 7.85. The first kappa shape index (κ1) is 25.5. The van der Waals surface area contributed by atoms with E-state index in [0.29, 0.717) is 0 Å². The maximum absolute atomic E-state index is 5.37. The minimum atomic E-state index is 0.854. The lowest BCUT2D eigenvalue weighted by Crippen LogP contribution is -2.41. The van der Waals surface area contributed by atoms with Crippen molar-refractivity contribution in [3.63, 3.8) is 0 Å². The molecule has 6 rings (SSSR count). The molecule has 0 aliphatic carbocycles. The number of H-pyrrole nitrogens is 1. The van der Waals surface area contributed by atoms with Crippen LogP contribution >= 0.6 is 0 Å². The molecule has 0 amide bonds. The number of ether oxygens (including phenoxy) is 1. The Hall–Kier alpha value is -4.76. The SMILES string of the molecule is C=C(CC)/C(=C1\C(=C)CC[n+]2ccc3ccccc3c21)c1cc(/C=C/c2ccc3cc(OC)ccc3c2)cc[nH+]1. The van der Waals surface area contributed by atoms with Gasteiger partial charge >= 0.3 is 0 Å². The summed E-state index contributed by atoms with van der Waals surface area (Å²) in [5, 5.41) is 4.83. The van der Waals surface area contributed by atoms with E-state index < -0.39 is 0 Å². The number of benzene rings is 3. The molecule has 0 spiro atoms. The molecule has 0 atom stereocenters. The van der Waals surface area contributed by atoms with E-state index in [1.54, 1.807) is 7.11 Å². The van der Waals surface area contributed by atoms with Crippen LogP contribution in [0.5, 0.6) is 5.75 Å². The molecule has 1 N–H and O–H groups in total. The number of aromatic nitrogens is 2. The minimum Gasteiger partial charge on any atom is -0.497 e. The maximum atomic E-state index is 5.37. The summed E-state index contributed by atoms with van der Waals surface area (Å²) in [7, 11) is 1.70. The number of methoxy groups -OCH3 is 1. The van der Waals surface area contributed by atoms with Gasteiger partial charge in [0.05, 0.1) is 23.6 Å². The smallest absolute Gasteiger partial charge is 0.221 e. The van der Waals surface area contributed by atoms with Gasteiger partial charge in [0.2, 0.25) is 11.4 Å². The number of hydrogen-bond acceptors (Lipinski definition) is 1. The first-order valence-electron chi connectivity index (χ1n) is 13.9. The highest BCUT2D eigenvalue weighted by Crippen LogP contribution is 2.39. The zero-order valence-electron chi connectivity index (χ0n) is 23.2. The summed E-state index contributed by atoms with van der Waals surface area (Å²) in [5.41, 5.74) is 9.14. The van der Waals surface area contributed by atoms with E-state index in [1.165, 1.54) is 32.8 Å². The van der Waals surface area contributed by atoms with E-state index in [1.807, 2.05) is 12.3 Å². The van der Waals surface area contributed by atoms with Crippen molar-refractivity contribution in [2.45, 2.75) is 26.3 Å². The lowest BCUT2D eigenvalue weighted by molar-refractivity contribution is -0.699. The van der Waals surface area contributed by atoms with Crippen LogP contribution in [0.4, 0.5) is 0 Å². The molecule has 0 bridgehead atoms. The maximum Gasteiger partial charge on any atom is 0.221 e. The summed E-state index contributed by atoms with van der Waals surface area (Å²) in [4.78, 5) is 3.54. The van der Waals surface area contributed by atoms with Gasteiger partial charge in [-0.3, -0.25) is 0 Å². The molecule has 0 saturated carbocycles. The van der Waals surface area contributed by atoms with Crippen LogP contribution in [-0.4, -0.2) is 7.11 Å². The Morgan fingerprint density at radius 1 is 0.925 bits per heavy atom. The summed E-state index contributed by atoms with van der Waals surface area (Å²) < 4.78 is 7.74. The van der Waals surface area contributed by atoms with Gasteiger partial charge in [-0.25, -0.2) is 4.98 Å². The largest absolute Gasteiger partial charge is 0.497 e. The summed E-state index contributed by atoms with van der Waals surface area (Å²) >= 11 is 0. The Morgan fingerprint density at radius 3 is 2.52 bits per heavy atom. The number of allylic oxidation sites excluding steroid dienone is 4. The number of nitrogens with one attached hydrogen (secondary N) is 1. The predicted molar refractivity (Wildman–Crippen MR) is 167 cm³/mol. The van der Waals surface area contributed by atoms with Crippen LogP contribution in [0.15, 0.2) is 116 Å². The van der Waals surface area contributed by atoms with E-state index in [0.717, 1.165) is 58.7 Å². The first-order chi connectivity index (χ1) is 19.6. The molecule has 0 unspecified atom stereocenters. The van der Waals surface area contributed by atoms with E-state index in [4.69, 9.17) is 4.74 Å². The Morgan fingerprint density at radius 2 is 1.70 bits per heavy atom. The van der Waals surface area contributed by atoms with Crippen LogP contribution in [0.2, 0.25) is 0 Å². The van der Waals surface area contributed by atoms with Gasteiger partial charge in [0.15, 0.2) is 18.9 Å². The van der Waals surface area contributed by atoms with Crippen molar-refractivity contribution in [3.8, 4) is 5.75 Å². The molecule has 5 aromatic rings. The second-order valence-corrected chi connectivity index (χ2v) is 10.3. The van der Waals surface area contributed by atoms with E-state index in [-0.39, 0.29) is 0 Å². The van der Waals surface area contributed by atoms with Crippen LogP contribution in [0.3, 0.4) is 0 Å². The number of hydrogen-bond donors (Lipinski definition) is 0. The van der Waals surface area contributed by atoms with Crippen LogP contribution in [0.1, 0.15) is 42.3 Å². The summed E-state index contributed by atoms with van der Waals surface area (Å²) in [5.74, 6) is 0.872. The highest BCUT2D eigenvalue weighted by molar-refractivity contribution is 6.07. The quantitative estimate of drug-likeness (QED) is 0.207. The van der Waals surface area contributed by atoms with Crippen LogP contribution in [0, 0.1) is 0 Å². The van der Waals surface area contributed by atoms with Crippen molar-refractivity contribution < 1.29 is 14.3 Å². The molecule has 2 aromatic heterocycles. The standard InChI is InChI=1S/C37H33N2O/c1-5-25(2)35(36-26(3)17-20-39-21-18-29-8-6-7-9-33(29)37(36)39)34-23-28(16-19-38-34)11-10-27-12-13-31-24-32(40-4)15-14-30(31)22-27/h6-16,18-19,21-24H,2-3,5,17,20H2,1,4H3/q+1/p+1/b11-10+,36-35-. The molecule has 196 valence electrons. The molecule has 0 radical (unpaired) electrons. The van der Waals surface area contributed by atoms with Gasteiger partial charge in [0.1, 0.15) is 5.75 Å². The first-order valence-corrected chi connectivity index (χ1v) is 13.9. The van der Waals surface area contributed by atoms with Crippen molar-refractivity contribution in [2.75, 3.05) is 7.11 Å². The van der Waals surface area contributed by atoms with Crippen LogP contribution in [0.25, 0.3) is 44.8 Å². The zero-order chi connectivity index (χ0) is 27.6. The number of aromatic amines is 1. The van der Waals surface area contributed by atoms with Crippen molar-refractivity contribution in [2.24, 2.45) is 0 Å². The number of pyridine rings is 2. The third kappa shape index (κ3) is 4.76. The fourth-order valence-electron chi connectivity index (χ4n) is 5.64. The average Bonchev–Trinajstić information content (AvgIpc) is 3.00. The fraction of sp³-hybridized carbons (Fsp3) is 0.135. The summed E-state index contributed by atoms with van der Waals surface area (Å²) in [6.45, 7) is 12.2. The van der Waals surface area contributed by atoms with Crippen LogP contribution in [-0.2, 0) is 6.54 Å². The van der Waals surface area contributed by atoms with Crippen LogP contribution < -0.4 is 14.3 Å². The van der Waals surface area contributed by atoms with Gasteiger partial charge in [0.25, 0.3) is 0 Å². The number of fused-ring (bicyclic) bond motifs is 4. The lowest BCUT2D eigenvalue weighted by Gasteiger charge is -2.21. The van der Waals surface area contributed by atoms with Crippen molar-refractivity contribution in [3.05, 3.63) is 138 Å². The van der Waals surface area contributed by atoms with Gasteiger partial charge in [-0.1, -0.05) is 68.6 Å². The second-order valence-electron chi connectivity index (χ2n) is 10.3. The Kier molecular flexibility index (Phi) is 6.88. The van der Waals surface area contributed by atoms with E-state index >= 15 is 0 Å². The Balaban J connectivity index is 1.45. The molecule has 3 heteroatoms. The summed E-state index contributed by atoms with van der Waals surface area (Å²) in [6, 6.07) is 27.8. The minimum absolute atomic E-state index is 0.854. The Bertz CT molecular complexity index is 1860. The van der Waals surface area contributed by atoms with E-state index in [2.05, 4.69) is 121 Å². The normalized spacial score (nSPS) is 14.5. The molecule has 0 fully saturated rings. The molecular formula is C37H34N2O+2. The fourth-order valence-corrected chi connectivity index (χ4v) is 5.64. The molecular weight excluding hydrogens is 488 g/mol. The van der Waals surface area contributed by atoms with Gasteiger partial charge in [-0.2, -0.15) is 4.57 Å². The highest BCUT2D eigenvalue weighted by atomic mass is 16.5. The number of aryl methyl sites for hydroxylation is 1. The Labute approximate surface area is 236 Å². The monoisotopic (exact) mass is 522 g/mol. The third-order valence-electron chi connectivity index (χ3n) is 7.85. The molecule has 3 aromatic carbocycles. The zero-order valence-corrected chi connectivity index (χ0v) is 23.2. The average molecular weight is 523 g/mol. The molecule has 1 aliphatic heterocycles. The summed E-state index contributed by atoms with van der Waals surface area (Å²) in [6.07, 6.45) is 10.3. The topological polar surface area (TPSA) is 27.2 Å². The van der Waals surface area contributed by atoms with Gasteiger partial charge < -0.3 is 4.74 Å². The van der Waals surface area contributed by atoms with Crippen molar-refractivity contribution in [1.82, 2.24) is 0 Å². The van der Waals surface area contributed by atoms with Crippen molar-refractivity contribution >= 4 is 44.8 Å². The van der Waals surface area contributed by atoms with Gasteiger partial charge in [-0.15, -0.1) is 0 Å². The second kappa shape index (κ2) is 10.8. The highest BCUT2D eigenvalue weighted by Gasteiger charge is 2.32. The number of nitrogens with zero attached hydrogens (tertiary/aromatic N) is 1. The van der Waals surface area contributed by atoms with E-state index in [9.17, 15) is 0 Å².